The third kappa shape index (κ3) is 5.42. The quantitative estimate of drug-likeness (QED) is 0.423. The number of rotatable bonds is 8. The zero-order valence-corrected chi connectivity index (χ0v) is 15.0. The third-order valence-corrected chi connectivity index (χ3v) is 4.76. The summed E-state index contributed by atoms with van der Waals surface area (Å²) in [5, 5.41) is 14.0. The Bertz CT molecular complexity index is 606. The number of carbonyl (C=O) groups excluding carboxylic acids is 1. The molecule has 138 valence electrons. The highest BCUT2D eigenvalue weighted by molar-refractivity contribution is 5.95. The molecule has 1 aliphatic rings. The number of nitrogens with one attached hydrogen (secondary N) is 2. The van der Waals surface area contributed by atoms with Crippen LogP contribution in [-0.2, 0) is 0 Å². The number of hydrogen-bond acceptors (Lipinski definition) is 4. The Kier molecular flexibility index (Phi) is 7.18. The summed E-state index contributed by atoms with van der Waals surface area (Å²) in [6.45, 7) is 7.21. The van der Waals surface area contributed by atoms with Crippen molar-refractivity contribution in [2.45, 2.75) is 45.6 Å². The zero-order valence-electron chi connectivity index (χ0n) is 15.0. The van der Waals surface area contributed by atoms with Crippen LogP contribution in [0.4, 0.5) is 5.69 Å². The average Bonchev–Trinajstić information content (AvgIpc) is 2.60. The van der Waals surface area contributed by atoms with Crippen molar-refractivity contribution in [2.75, 3.05) is 26.2 Å². The van der Waals surface area contributed by atoms with Gasteiger partial charge in [-0.1, -0.05) is 0 Å². The normalized spacial score (nSPS) is 20.1. The molecule has 0 spiro atoms. The number of piperidine rings is 1. The van der Waals surface area contributed by atoms with E-state index in [0.29, 0.717) is 19.2 Å². The lowest BCUT2D eigenvalue weighted by Crippen LogP contribution is -3.16. The molecular weight excluding hydrogens is 322 g/mol. The van der Waals surface area contributed by atoms with Crippen molar-refractivity contribution in [2.24, 2.45) is 0 Å². The molecule has 0 saturated carbocycles. The summed E-state index contributed by atoms with van der Waals surface area (Å²) in [6.07, 6.45) is 4.78. The molecule has 1 aliphatic heterocycles. The van der Waals surface area contributed by atoms with E-state index in [1.807, 2.05) is 0 Å². The summed E-state index contributed by atoms with van der Waals surface area (Å²) in [7, 11) is 0. The van der Waals surface area contributed by atoms with E-state index in [1.54, 1.807) is 17.9 Å². The zero-order chi connectivity index (χ0) is 18.2. The third-order valence-electron chi connectivity index (χ3n) is 4.76. The smallest absolute Gasteiger partial charge is 0.311 e. The molecule has 2 rings (SSSR count). The Morgan fingerprint density at radius 3 is 2.92 bits per heavy atom. The second-order valence-corrected chi connectivity index (χ2v) is 6.54. The first kappa shape index (κ1) is 19.2. The Hall–Kier alpha value is -2.15. The maximum absolute atomic E-state index is 12.2. The van der Waals surface area contributed by atoms with Crippen molar-refractivity contribution >= 4 is 11.6 Å². The molecule has 1 aromatic carbocycles. The van der Waals surface area contributed by atoms with Crippen LogP contribution in [0.25, 0.3) is 0 Å². The van der Waals surface area contributed by atoms with Gasteiger partial charge in [-0.15, -0.1) is 0 Å². The topological polar surface area (TPSA) is 85.9 Å². The van der Waals surface area contributed by atoms with Gasteiger partial charge in [-0.25, -0.2) is 0 Å². The first-order valence-electron chi connectivity index (χ1n) is 9.07. The van der Waals surface area contributed by atoms with Gasteiger partial charge in [-0.2, -0.15) is 0 Å². The Balaban J connectivity index is 1.85. The van der Waals surface area contributed by atoms with Crippen LogP contribution in [0.15, 0.2) is 18.2 Å². The van der Waals surface area contributed by atoms with Crippen molar-refractivity contribution in [3.8, 4) is 5.75 Å². The van der Waals surface area contributed by atoms with E-state index in [4.69, 9.17) is 4.74 Å². The van der Waals surface area contributed by atoms with E-state index >= 15 is 0 Å². The summed E-state index contributed by atoms with van der Waals surface area (Å²) in [5.41, 5.74) is 0.106. The lowest BCUT2D eigenvalue weighted by atomic mass is 10.0. The van der Waals surface area contributed by atoms with E-state index in [9.17, 15) is 14.9 Å². The number of amides is 1. The van der Waals surface area contributed by atoms with E-state index in [1.165, 1.54) is 37.9 Å². The molecule has 1 fully saturated rings. The summed E-state index contributed by atoms with van der Waals surface area (Å²) in [5.74, 6) is -0.0976. The first-order chi connectivity index (χ1) is 12.0. The number of nitro benzene ring substituents is 1. The molecule has 7 nitrogen and oxygen atoms in total. The maximum atomic E-state index is 12.2. The van der Waals surface area contributed by atoms with Gasteiger partial charge in [0, 0.05) is 24.6 Å². The predicted molar refractivity (Wildman–Crippen MR) is 95.2 cm³/mol. The number of ether oxygens (including phenoxy) is 1. The van der Waals surface area contributed by atoms with Crippen LogP contribution in [0.3, 0.4) is 0 Å². The fourth-order valence-corrected chi connectivity index (χ4v) is 3.32. The van der Waals surface area contributed by atoms with E-state index in [-0.39, 0.29) is 22.9 Å². The van der Waals surface area contributed by atoms with Gasteiger partial charge < -0.3 is 15.0 Å². The van der Waals surface area contributed by atoms with Gasteiger partial charge in [0.15, 0.2) is 5.75 Å². The number of carbonyl (C=O) groups is 1. The van der Waals surface area contributed by atoms with E-state index in [2.05, 4.69) is 12.2 Å². The largest absolute Gasteiger partial charge is 0.487 e. The number of benzene rings is 1. The van der Waals surface area contributed by atoms with Crippen molar-refractivity contribution in [3.05, 3.63) is 33.9 Å². The fraction of sp³-hybridized carbons (Fsp3) is 0.611. The summed E-state index contributed by atoms with van der Waals surface area (Å²) < 4.78 is 5.23. The summed E-state index contributed by atoms with van der Waals surface area (Å²) in [4.78, 5) is 24.4. The summed E-state index contributed by atoms with van der Waals surface area (Å²) in [6, 6.07) is 5.01. The number of nitrogens with zero attached hydrogens (tertiary/aromatic N) is 1. The van der Waals surface area contributed by atoms with E-state index < -0.39 is 4.92 Å². The van der Waals surface area contributed by atoms with Crippen LogP contribution in [0.5, 0.6) is 5.75 Å². The highest BCUT2D eigenvalue weighted by Gasteiger charge is 2.21. The molecule has 0 radical (unpaired) electrons. The highest BCUT2D eigenvalue weighted by atomic mass is 16.6. The minimum atomic E-state index is -0.525. The molecule has 1 saturated heterocycles. The molecule has 1 aromatic rings. The molecule has 2 atom stereocenters. The van der Waals surface area contributed by atoms with Crippen LogP contribution < -0.4 is 15.0 Å². The number of nitro groups is 1. The van der Waals surface area contributed by atoms with Gasteiger partial charge >= 0.3 is 5.69 Å². The van der Waals surface area contributed by atoms with Crippen molar-refractivity contribution in [1.29, 1.82) is 0 Å². The lowest BCUT2D eigenvalue weighted by molar-refractivity contribution is -0.928. The second kappa shape index (κ2) is 9.36. The van der Waals surface area contributed by atoms with Gasteiger partial charge in [0.2, 0.25) is 0 Å². The monoisotopic (exact) mass is 350 g/mol. The molecule has 1 unspecified atom stereocenters. The summed E-state index contributed by atoms with van der Waals surface area (Å²) >= 11 is 0. The molecule has 0 aliphatic carbocycles. The van der Waals surface area contributed by atoms with Crippen molar-refractivity contribution in [1.82, 2.24) is 5.32 Å². The Morgan fingerprint density at radius 1 is 1.44 bits per heavy atom. The number of hydrogen-bond donors (Lipinski definition) is 2. The van der Waals surface area contributed by atoms with Crippen LogP contribution in [0.2, 0.25) is 0 Å². The van der Waals surface area contributed by atoms with Gasteiger partial charge in [0.05, 0.1) is 30.7 Å². The Morgan fingerprint density at radius 2 is 2.24 bits per heavy atom. The van der Waals surface area contributed by atoms with Crippen LogP contribution >= 0.6 is 0 Å². The Labute approximate surface area is 148 Å². The number of quaternary nitrogens is 1. The first-order valence-corrected chi connectivity index (χ1v) is 9.07. The maximum Gasteiger partial charge on any atom is 0.311 e. The SMILES string of the molecule is CCOc1ccc(C(=O)NCCC[NH+]2CCCC[C@H]2C)cc1[N+](=O)[O-]. The second-order valence-electron chi connectivity index (χ2n) is 6.54. The molecule has 0 aromatic heterocycles. The van der Waals surface area contributed by atoms with Gasteiger partial charge in [0.1, 0.15) is 0 Å². The molecule has 0 bridgehead atoms. The molecule has 25 heavy (non-hydrogen) atoms. The standard InChI is InChI=1S/C18H27N3O4/c1-3-25-17-9-8-15(13-16(17)21(23)24)18(22)19-10-6-12-20-11-5-4-7-14(20)2/h8-9,13-14H,3-7,10-12H2,1-2H3,(H,19,22)/p+1/t14-/m1/s1. The minimum Gasteiger partial charge on any atom is -0.487 e. The highest BCUT2D eigenvalue weighted by Crippen LogP contribution is 2.27. The number of likely N-dealkylation sites (tertiary alicyclic amines) is 1. The molecule has 1 heterocycles. The fourth-order valence-electron chi connectivity index (χ4n) is 3.32. The van der Waals surface area contributed by atoms with Crippen LogP contribution in [-0.4, -0.2) is 43.1 Å². The van der Waals surface area contributed by atoms with Gasteiger partial charge in [-0.05, 0) is 45.2 Å². The van der Waals surface area contributed by atoms with Crippen LogP contribution in [0, 0.1) is 10.1 Å². The predicted octanol–water partition coefficient (Wildman–Crippen LogP) is 1.57. The minimum absolute atomic E-state index is 0.180. The van der Waals surface area contributed by atoms with Crippen LogP contribution in [0.1, 0.15) is 49.9 Å². The lowest BCUT2D eigenvalue weighted by Gasteiger charge is -2.30. The van der Waals surface area contributed by atoms with Crippen molar-refractivity contribution < 1.29 is 19.4 Å². The van der Waals surface area contributed by atoms with Gasteiger partial charge in [0.25, 0.3) is 5.91 Å². The average molecular weight is 350 g/mol. The van der Waals surface area contributed by atoms with Crippen molar-refractivity contribution in [3.63, 3.8) is 0 Å². The van der Waals surface area contributed by atoms with Gasteiger partial charge in [-0.3, -0.25) is 14.9 Å². The molecule has 1 amide bonds. The molecular formula is C18H28N3O4+. The molecule has 2 N–H and O–H groups in total. The van der Waals surface area contributed by atoms with E-state index in [0.717, 1.165) is 13.0 Å². The molecule has 7 heteroatoms.